The second-order valence-electron chi connectivity index (χ2n) is 8.33. The zero-order chi connectivity index (χ0) is 20.3. The van der Waals surface area contributed by atoms with E-state index >= 15 is 0 Å². The predicted octanol–water partition coefficient (Wildman–Crippen LogP) is 4.09. The number of hydrogen-bond acceptors (Lipinski definition) is 5. The van der Waals surface area contributed by atoms with Gasteiger partial charge in [0, 0.05) is 42.7 Å². The Morgan fingerprint density at radius 1 is 1.24 bits per heavy atom. The first-order valence-corrected chi connectivity index (χ1v) is 11.2. The molecule has 2 aliphatic heterocycles. The van der Waals surface area contributed by atoms with Crippen LogP contribution in [0.2, 0.25) is 0 Å². The molecule has 0 N–H and O–H groups in total. The lowest BCUT2D eigenvalue weighted by molar-refractivity contribution is -0.137. The summed E-state index contributed by atoms with van der Waals surface area (Å²) >= 11 is 1.74. The molecule has 3 heterocycles. The summed E-state index contributed by atoms with van der Waals surface area (Å²) in [5, 5.41) is 2.08. The average molecular weight is 416 g/mol. The normalized spacial score (nSPS) is 18.1. The number of nitrogens with zero attached hydrogens (tertiary/aromatic N) is 1. The Morgan fingerprint density at radius 3 is 2.83 bits per heavy atom. The van der Waals surface area contributed by atoms with Crippen LogP contribution >= 0.6 is 11.3 Å². The molecule has 1 aromatic heterocycles. The molecule has 156 valence electrons. The van der Waals surface area contributed by atoms with Gasteiger partial charge in [0.05, 0.1) is 0 Å². The van der Waals surface area contributed by atoms with E-state index in [0.717, 1.165) is 37.0 Å². The summed E-state index contributed by atoms with van der Waals surface area (Å²) in [5.74, 6) is 1.47. The molecule has 1 fully saturated rings. The number of para-hydroxylation sites is 1. The van der Waals surface area contributed by atoms with E-state index in [1.165, 1.54) is 4.88 Å². The molecule has 0 spiro atoms. The Balaban J connectivity index is 1.42. The number of carbonyl (C=O) groups is 1. The summed E-state index contributed by atoms with van der Waals surface area (Å²) in [6.45, 7) is 6.30. The van der Waals surface area contributed by atoms with E-state index < -0.39 is 0 Å². The summed E-state index contributed by atoms with van der Waals surface area (Å²) in [6, 6.07) is 10.3. The maximum Gasteiger partial charge on any atom is 0.260 e. The van der Waals surface area contributed by atoms with Gasteiger partial charge >= 0.3 is 0 Å². The van der Waals surface area contributed by atoms with Crippen molar-refractivity contribution in [2.75, 3.05) is 26.4 Å². The molecule has 0 atom stereocenters. The van der Waals surface area contributed by atoms with E-state index in [0.29, 0.717) is 25.5 Å². The van der Waals surface area contributed by atoms with Gasteiger partial charge in [-0.2, -0.15) is 0 Å². The molecular formula is C23H29NO4S. The second kappa shape index (κ2) is 8.76. The Hall–Kier alpha value is -2.05. The van der Waals surface area contributed by atoms with E-state index in [-0.39, 0.29) is 24.2 Å². The molecule has 1 aromatic carbocycles. The topological polar surface area (TPSA) is 48.0 Å². The summed E-state index contributed by atoms with van der Waals surface area (Å²) in [5.41, 5.74) is 0.902. The molecule has 0 bridgehead atoms. The number of hydrogen-bond donors (Lipinski definition) is 0. The van der Waals surface area contributed by atoms with Gasteiger partial charge in [-0.15, -0.1) is 11.3 Å². The molecule has 1 amide bonds. The van der Waals surface area contributed by atoms with Crippen molar-refractivity contribution < 1.29 is 19.0 Å². The van der Waals surface area contributed by atoms with E-state index in [1.54, 1.807) is 11.3 Å². The minimum absolute atomic E-state index is 0.0298. The van der Waals surface area contributed by atoms with Gasteiger partial charge in [0.25, 0.3) is 5.91 Å². The highest BCUT2D eigenvalue weighted by Gasteiger charge is 2.33. The number of fused-ring (bicyclic) bond motifs is 1. The van der Waals surface area contributed by atoms with E-state index in [9.17, 15) is 4.79 Å². The van der Waals surface area contributed by atoms with Crippen molar-refractivity contribution in [2.24, 2.45) is 0 Å². The molecule has 0 aliphatic carbocycles. The molecule has 4 rings (SSSR count). The van der Waals surface area contributed by atoms with Crippen molar-refractivity contribution in [1.29, 1.82) is 0 Å². The van der Waals surface area contributed by atoms with Gasteiger partial charge < -0.3 is 19.1 Å². The first kappa shape index (κ1) is 20.2. The molecule has 0 radical (unpaired) electrons. The minimum Gasteiger partial charge on any atom is -0.483 e. The number of ether oxygens (including phenoxy) is 3. The zero-order valence-electron chi connectivity index (χ0n) is 17.2. The monoisotopic (exact) mass is 415 g/mol. The van der Waals surface area contributed by atoms with Crippen molar-refractivity contribution in [3.8, 4) is 11.5 Å². The van der Waals surface area contributed by atoms with Crippen LogP contribution in [0.15, 0.2) is 35.7 Å². The van der Waals surface area contributed by atoms with E-state index in [4.69, 9.17) is 14.2 Å². The quantitative estimate of drug-likeness (QED) is 0.683. The van der Waals surface area contributed by atoms with Crippen molar-refractivity contribution >= 4 is 17.2 Å². The molecular weight excluding hydrogens is 386 g/mol. The van der Waals surface area contributed by atoms with Gasteiger partial charge in [-0.05, 0) is 50.6 Å². The third-order valence-electron chi connectivity index (χ3n) is 5.54. The molecule has 6 heteroatoms. The second-order valence-corrected chi connectivity index (χ2v) is 9.36. The number of carbonyl (C=O) groups excluding carboxylic acids is 1. The van der Waals surface area contributed by atoms with Crippen LogP contribution in [0.25, 0.3) is 0 Å². The third kappa shape index (κ3) is 4.93. The Bertz CT molecular complexity index is 827. The number of rotatable bonds is 7. The van der Waals surface area contributed by atoms with Gasteiger partial charge in [0.15, 0.2) is 18.1 Å². The zero-order valence-corrected chi connectivity index (χ0v) is 18.0. The molecule has 0 saturated carbocycles. The SMILES string of the molecule is CC1(C)Cc2cccc(OCC(=O)N(CCc3cccs3)C3CCOCC3)c2O1. The molecule has 29 heavy (non-hydrogen) atoms. The highest BCUT2D eigenvalue weighted by atomic mass is 32.1. The lowest BCUT2D eigenvalue weighted by Gasteiger charge is -2.34. The minimum atomic E-state index is -0.235. The molecule has 1 saturated heterocycles. The van der Waals surface area contributed by atoms with Gasteiger partial charge in [0.1, 0.15) is 5.60 Å². The van der Waals surface area contributed by atoms with E-state index in [2.05, 4.69) is 37.4 Å². The smallest absolute Gasteiger partial charge is 0.260 e. The maximum absolute atomic E-state index is 13.1. The predicted molar refractivity (Wildman–Crippen MR) is 114 cm³/mol. The van der Waals surface area contributed by atoms with Crippen LogP contribution in [0.1, 0.15) is 37.1 Å². The van der Waals surface area contributed by atoms with Crippen molar-refractivity contribution in [2.45, 2.75) is 51.2 Å². The largest absolute Gasteiger partial charge is 0.483 e. The Labute approximate surface area is 176 Å². The first-order chi connectivity index (χ1) is 14.0. The average Bonchev–Trinajstić information content (AvgIpc) is 3.33. The van der Waals surface area contributed by atoms with Crippen LogP contribution in [0, 0.1) is 0 Å². The van der Waals surface area contributed by atoms with Gasteiger partial charge in [-0.1, -0.05) is 18.2 Å². The lowest BCUT2D eigenvalue weighted by atomic mass is 10.0. The van der Waals surface area contributed by atoms with Gasteiger partial charge in [0.2, 0.25) is 0 Å². The van der Waals surface area contributed by atoms with Gasteiger partial charge in [-0.25, -0.2) is 0 Å². The fourth-order valence-electron chi connectivity index (χ4n) is 4.12. The third-order valence-corrected chi connectivity index (χ3v) is 6.47. The highest BCUT2D eigenvalue weighted by molar-refractivity contribution is 7.09. The molecule has 5 nitrogen and oxygen atoms in total. The lowest BCUT2D eigenvalue weighted by Crippen LogP contribution is -2.46. The van der Waals surface area contributed by atoms with Gasteiger partial charge in [-0.3, -0.25) is 4.79 Å². The number of benzene rings is 1. The fraction of sp³-hybridized carbons (Fsp3) is 0.522. The van der Waals surface area contributed by atoms with Crippen molar-refractivity contribution in [3.05, 3.63) is 46.2 Å². The first-order valence-electron chi connectivity index (χ1n) is 10.4. The summed E-state index contributed by atoms with van der Waals surface area (Å²) in [6.07, 6.45) is 3.49. The molecule has 0 unspecified atom stereocenters. The van der Waals surface area contributed by atoms with Crippen LogP contribution in [0.4, 0.5) is 0 Å². The van der Waals surface area contributed by atoms with Crippen LogP contribution in [0.5, 0.6) is 11.5 Å². The Kier molecular flexibility index (Phi) is 6.11. The van der Waals surface area contributed by atoms with Crippen LogP contribution in [-0.4, -0.2) is 48.8 Å². The fourth-order valence-corrected chi connectivity index (χ4v) is 4.81. The summed E-state index contributed by atoms with van der Waals surface area (Å²) in [7, 11) is 0. The maximum atomic E-state index is 13.1. The van der Waals surface area contributed by atoms with Crippen molar-refractivity contribution in [1.82, 2.24) is 4.90 Å². The summed E-state index contributed by atoms with van der Waals surface area (Å²) in [4.78, 5) is 16.4. The Morgan fingerprint density at radius 2 is 2.07 bits per heavy atom. The highest BCUT2D eigenvalue weighted by Crippen LogP contribution is 2.41. The molecule has 2 aliphatic rings. The van der Waals surface area contributed by atoms with Crippen LogP contribution in [0.3, 0.4) is 0 Å². The summed E-state index contributed by atoms with van der Waals surface area (Å²) < 4.78 is 17.5. The van der Waals surface area contributed by atoms with Crippen LogP contribution in [-0.2, 0) is 22.4 Å². The van der Waals surface area contributed by atoms with Crippen molar-refractivity contribution in [3.63, 3.8) is 0 Å². The van der Waals surface area contributed by atoms with E-state index in [1.807, 2.05) is 17.0 Å². The number of amides is 1. The number of thiophene rings is 1. The van der Waals surface area contributed by atoms with Crippen LogP contribution < -0.4 is 9.47 Å². The standard InChI is InChI=1S/C23H29NO4S/c1-23(2)15-17-5-3-7-20(22(17)28-23)27-16-21(25)24(18-9-12-26-13-10-18)11-8-19-6-4-14-29-19/h3-7,14,18H,8-13,15-16H2,1-2H3. The molecule has 2 aromatic rings.